The second kappa shape index (κ2) is 8.57. The van der Waals surface area contributed by atoms with Gasteiger partial charge in [0.15, 0.2) is 5.78 Å². The van der Waals surface area contributed by atoms with Crippen LogP contribution in [-0.2, 0) is 11.0 Å². The first-order chi connectivity index (χ1) is 10.5. The van der Waals surface area contributed by atoms with Crippen molar-refractivity contribution >= 4 is 14.5 Å². The maximum absolute atomic E-state index is 12.8. The van der Waals surface area contributed by atoms with Crippen LogP contribution < -0.4 is 0 Å². The van der Waals surface area contributed by atoms with Gasteiger partial charge in [-0.3, -0.25) is 4.79 Å². The van der Waals surface area contributed by atoms with E-state index in [9.17, 15) is 4.79 Å². The van der Waals surface area contributed by atoms with Crippen LogP contribution in [0.5, 0.6) is 0 Å². The third-order valence-corrected chi connectivity index (χ3v) is 3.55. The van der Waals surface area contributed by atoms with E-state index < -0.39 is 8.69 Å². The van der Waals surface area contributed by atoms with Crippen molar-refractivity contribution in [2.75, 3.05) is 0 Å². The highest BCUT2D eigenvalue weighted by Crippen LogP contribution is 2.22. The van der Waals surface area contributed by atoms with Crippen molar-refractivity contribution in [2.24, 2.45) is 0 Å². The van der Waals surface area contributed by atoms with Crippen molar-refractivity contribution in [3.63, 3.8) is 0 Å². The lowest BCUT2D eigenvalue weighted by atomic mass is 9.90. The Kier molecular flexibility index (Phi) is 7.10. The van der Waals surface area contributed by atoms with Crippen LogP contribution in [0.25, 0.3) is 0 Å². The van der Waals surface area contributed by atoms with E-state index in [1.165, 1.54) is 5.56 Å². The molecule has 0 aromatic heterocycles. The Morgan fingerprint density at radius 3 is 2.09 bits per heavy atom. The number of hydrogen-bond acceptors (Lipinski definition) is 2. The number of rotatable bonds is 3. The normalized spacial score (nSPS) is 10.0. The molecule has 3 nitrogen and oxygen atoms in total. The molecular formula is C18H21O3P. The Morgan fingerprint density at radius 2 is 1.59 bits per heavy atom. The summed E-state index contributed by atoms with van der Waals surface area (Å²) < 4.78 is 8.46. The van der Waals surface area contributed by atoms with Crippen LogP contribution in [0.3, 0.4) is 0 Å². The van der Waals surface area contributed by atoms with Crippen molar-refractivity contribution in [3.05, 3.63) is 69.8 Å². The van der Waals surface area contributed by atoms with Gasteiger partial charge in [0.2, 0.25) is 0 Å². The Balaban J connectivity index is 0.000000745. The summed E-state index contributed by atoms with van der Waals surface area (Å²) in [4.78, 5) is 19.8. The van der Waals surface area contributed by atoms with Gasteiger partial charge >= 0.3 is 8.69 Å². The molecule has 1 N–H and O–H groups in total. The molecule has 116 valence electrons. The summed E-state index contributed by atoms with van der Waals surface area (Å²) in [6.07, 6.45) is 0.881. The van der Waals surface area contributed by atoms with Crippen molar-refractivity contribution < 1.29 is 14.3 Å². The molecule has 0 bridgehead atoms. The van der Waals surface area contributed by atoms with E-state index in [1.54, 1.807) is 0 Å². The van der Waals surface area contributed by atoms with Crippen LogP contribution in [0.4, 0.5) is 0 Å². The van der Waals surface area contributed by atoms with Gasteiger partial charge in [0.05, 0.1) is 0 Å². The van der Waals surface area contributed by atoms with Gasteiger partial charge in [-0.1, -0.05) is 48.9 Å². The fraction of sp³-hybridized carbons (Fsp3) is 0.278. The fourth-order valence-electron chi connectivity index (χ4n) is 2.72. The Bertz CT molecular complexity index is 655. The zero-order chi connectivity index (χ0) is 16.7. The molecule has 0 spiro atoms. The maximum atomic E-state index is 12.8. The smallest absolute Gasteiger partial charge is 0.310 e. The largest absolute Gasteiger partial charge is 0.324 e. The highest BCUT2D eigenvalue weighted by molar-refractivity contribution is 7.16. The molecule has 2 aromatic rings. The van der Waals surface area contributed by atoms with Crippen LogP contribution in [0.15, 0.2) is 36.4 Å². The van der Waals surface area contributed by atoms with Crippen molar-refractivity contribution in [1.29, 1.82) is 0 Å². The average Bonchev–Trinajstić information content (AvgIpc) is 2.46. The van der Waals surface area contributed by atoms with Crippen LogP contribution in [0.2, 0.25) is 0 Å². The molecule has 0 saturated heterocycles. The molecular weight excluding hydrogens is 295 g/mol. The summed E-state index contributed by atoms with van der Waals surface area (Å²) in [5.74, 6) is 0.146. The van der Waals surface area contributed by atoms with Gasteiger partial charge in [-0.05, 0) is 43.9 Å². The van der Waals surface area contributed by atoms with E-state index in [0.717, 1.165) is 34.2 Å². The van der Waals surface area contributed by atoms with E-state index in [2.05, 4.69) is 26.0 Å². The van der Waals surface area contributed by atoms with Gasteiger partial charge in [-0.15, -0.1) is 0 Å². The number of benzene rings is 2. The summed E-state index contributed by atoms with van der Waals surface area (Å²) in [5, 5.41) is 0. The molecule has 0 aliphatic heterocycles. The van der Waals surface area contributed by atoms with Gasteiger partial charge in [0, 0.05) is 11.1 Å². The first-order valence-corrected chi connectivity index (χ1v) is 7.89. The minimum atomic E-state index is -0.833. The molecule has 0 amide bonds. The minimum absolute atomic E-state index is 0.146. The lowest BCUT2D eigenvalue weighted by Gasteiger charge is -2.12. The monoisotopic (exact) mass is 316 g/mol. The van der Waals surface area contributed by atoms with Gasteiger partial charge in [0.25, 0.3) is 0 Å². The van der Waals surface area contributed by atoms with E-state index in [0.29, 0.717) is 0 Å². The van der Waals surface area contributed by atoms with E-state index >= 15 is 0 Å². The van der Waals surface area contributed by atoms with Crippen LogP contribution in [-0.4, -0.2) is 10.7 Å². The van der Waals surface area contributed by atoms with Crippen LogP contribution in [0, 0.1) is 20.8 Å². The summed E-state index contributed by atoms with van der Waals surface area (Å²) >= 11 is 0. The molecule has 2 aromatic carbocycles. The summed E-state index contributed by atoms with van der Waals surface area (Å²) in [6.45, 7) is 8.18. The van der Waals surface area contributed by atoms with E-state index in [1.807, 2.05) is 38.1 Å². The predicted octanol–water partition coefficient (Wildman–Crippen LogP) is 4.59. The third-order valence-electron chi connectivity index (χ3n) is 3.55. The second-order valence-corrected chi connectivity index (χ2v) is 5.36. The molecule has 0 unspecified atom stereocenters. The Morgan fingerprint density at radius 1 is 1.09 bits per heavy atom. The van der Waals surface area contributed by atoms with Crippen molar-refractivity contribution in [3.8, 4) is 0 Å². The van der Waals surface area contributed by atoms with Gasteiger partial charge < -0.3 is 4.89 Å². The Hall–Kier alpha value is -1.83. The number of hydrogen-bond donors (Lipinski definition) is 1. The summed E-state index contributed by atoms with van der Waals surface area (Å²) in [5.41, 5.74) is 6.13. The lowest BCUT2D eigenvalue weighted by molar-refractivity contribution is 0.103. The molecule has 0 heterocycles. The molecule has 22 heavy (non-hydrogen) atoms. The molecule has 0 radical (unpaired) electrons. The van der Waals surface area contributed by atoms with Crippen LogP contribution in [0.1, 0.15) is 45.1 Å². The first-order valence-electron chi connectivity index (χ1n) is 7.13. The van der Waals surface area contributed by atoms with E-state index in [4.69, 9.17) is 9.46 Å². The third kappa shape index (κ3) is 4.33. The Labute approximate surface area is 133 Å². The molecule has 2 rings (SSSR count). The topological polar surface area (TPSA) is 54.4 Å². The van der Waals surface area contributed by atoms with Gasteiger partial charge in [-0.25, -0.2) is 4.57 Å². The van der Waals surface area contributed by atoms with Crippen molar-refractivity contribution in [1.82, 2.24) is 0 Å². The zero-order valence-electron chi connectivity index (χ0n) is 13.4. The fourth-order valence-corrected chi connectivity index (χ4v) is 2.72. The van der Waals surface area contributed by atoms with Gasteiger partial charge in [-0.2, -0.15) is 0 Å². The first kappa shape index (κ1) is 18.2. The summed E-state index contributed by atoms with van der Waals surface area (Å²) in [7, 11) is -0.833. The van der Waals surface area contributed by atoms with E-state index in [-0.39, 0.29) is 5.78 Å². The molecule has 4 heteroatoms. The highest BCUT2D eigenvalue weighted by atomic mass is 31.1. The molecule has 0 aliphatic carbocycles. The highest BCUT2D eigenvalue weighted by Gasteiger charge is 2.16. The molecule has 0 atom stereocenters. The summed E-state index contributed by atoms with van der Waals surface area (Å²) in [6, 6.07) is 12.0. The minimum Gasteiger partial charge on any atom is -0.310 e. The number of ketones is 1. The molecule has 0 saturated carbocycles. The number of carbonyl (C=O) groups is 1. The quantitative estimate of drug-likeness (QED) is 0.665. The number of aryl methyl sites for hydroxylation is 4. The number of carbonyl (C=O) groups excluding carboxylic acids is 1. The molecule has 0 aliphatic rings. The maximum Gasteiger partial charge on any atom is 0.324 e. The van der Waals surface area contributed by atoms with Gasteiger partial charge in [0.1, 0.15) is 0 Å². The second-order valence-electron chi connectivity index (χ2n) is 5.20. The lowest BCUT2D eigenvalue weighted by Crippen LogP contribution is -2.09. The van der Waals surface area contributed by atoms with Crippen molar-refractivity contribution in [2.45, 2.75) is 34.1 Å². The van der Waals surface area contributed by atoms with Crippen LogP contribution >= 0.6 is 8.69 Å². The molecule has 0 fully saturated rings. The SMILES string of the molecule is CCc1ccccc1C(=O)c1c(C)cc(C)cc1C.O=PO. The zero-order valence-corrected chi connectivity index (χ0v) is 14.3. The average molecular weight is 316 g/mol. The standard InChI is InChI=1S/C18H20O.HO2P/c1-5-15-8-6-7-9-16(15)18(19)17-13(3)10-12(2)11-14(17)4;1-3-2/h6-11H,5H2,1-4H3;(H,1,2). The predicted molar refractivity (Wildman–Crippen MR) is 89.7 cm³/mol.